The topological polar surface area (TPSA) is 84.1 Å². The minimum Gasteiger partial charge on any atom is -0.444 e. The molecule has 2 aromatic rings. The van der Waals surface area contributed by atoms with Gasteiger partial charge in [0.25, 0.3) is 5.56 Å². The van der Waals surface area contributed by atoms with Crippen LogP contribution in [0, 0.1) is 0 Å². The number of carbonyl (C=O) groups excluding carboxylic acids is 1. The molecule has 2 aromatic heterocycles. The van der Waals surface area contributed by atoms with E-state index in [0.717, 1.165) is 5.56 Å². The molecule has 0 radical (unpaired) electrons. The lowest BCUT2D eigenvalue weighted by Gasteiger charge is -2.19. The number of aromatic amines is 1. The van der Waals surface area contributed by atoms with E-state index in [1.807, 2.05) is 0 Å². The number of H-pyrrole nitrogens is 1. The third kappa shape index (κ3) is 4.17. The average molecular weight is 287 g/mol. The van der Waals surface area contributed by atoms with Crippen molar-refractivity contribution in [3.8, 4) is 11.3 Å². The molecule has 0 aliphatic heterocycles. The molecule has 6 heteroatoms. The van der Waals surface area contributed by atoms with Gasteiger partial charge in [0.15, 0.2) is 0 Å². The van der Waals surface area contributed by atoms with Crippen molar-refractivity contribution >= 4 is 11.8 Å². The summed E-state index contributed by atoms with van der Waals surface area (Å²) in [7, 11) is 0. The molecule has 0 aromatic carbocycles. The van der Waals surface area contributed by atoms with Crippen LogP contribution in [0.1, 0.15) is 20.8 Å². The van der Waals surface area contributed by atoms with Gasteiger partial charge in [-0.3, -0.25) is 15.1 Å². The maximum Gasteiger partial charge on any atom is 0.412 e. The Bertz CT molecular complexity index is 687. The fraction of sp³-hybridized carbons (Fsp3) is 0.267. The Morgan fingerprint density at radius 2 is 1.86 bits per heavy atom. The fourth-order valence-electron chi connectivity index (χ4n) is 1.69. The Labute approximate surface area is 122 Å². The summed E-state index contributed by atoms with van der Waals surface area (Å²) in [5.74, 6) is 0. The maximum atomic E-state index is 12.0. The van der Waals surface area contributed by atoms with Gasteiger partial charge < -0.3 is 9.72 Å². The van der Waals surface area contributed by atoms with Crippen LogP contribution in [0.15, 0.2) is 41.5 Å². The quantitative estimate of drug-likeness (QED) is 0.889. The lowest BCUT2D eigenvalue weighted by atomic mass is 10.2. The van der Waals surface area contributed by atoms with Crippen molar-refractivity contribution in [2.45, 2.75) is 26.4 Å². The molecule has 0 aliphatic rings. The number of hydrogen-bond donors (Lipinski definition) is 2. The first-order chi connectivity index (χ1) is 9.85. The van der Waals surface area contributed by atoms with Gasteiger partial charge >= 0.3 is 6.09 Å². The van der Waals surface area contributed by atoms with Gasteiger partial charge in [-0.05, 0) is 45.0 Å². The Kier molecular flexibility index (Phi) is 4.07. The summed E-state index contributed by atoms with van der Waals surface area (Å²) in [5.41, 5.74) is 0.619. The van der Waals surface area contributed by atoms with Crippen molar-refractivity contribution in [1.82, 2.24) is 9.97 Å². The van der Waals surface area contributed by atoms with Crippen molar-refractivity contribution in [3.05, 3.63) is 47.0 Å². The van der Waals surface area contributed by atoms with Gasteiger partial charge in [0.1, 0.15) is 11.3 Å². The normalized spacial score (nSPS) is 11.0. The SMILES string of the molecule is CC(C)(C)OC(=O)Nc1ccc(-c2ccncc2)[nH]c1=O. The van der Waals surface area contributed by atoms with E-state index in [1.165, 1.54) is 0 Å². The zero-order valence-corrected chi connectivity index (χ0v) is 12.1. The number of pyridine rings is 2. The van der Waals surface area contributed by atoms with Gasteiger partial charge in [-0.15, -0.1) is 0 Å². The van der Waals surface area contributed by atoms with Crippen LogP contribution in [0.5, 0.6) is 0 Å². The van der Waals surface area contributed by atoms with E-state index in [0.29, 0.717) is 5.69 Å². The fourth-order valence-corrected chi connectivity index (χ4v) is 1.69. The molecule has 0 bridgehead atoms. The first-order valence-corrected chi connectivity index (χ1v) is 6.49. The van der Waals surface area contributed by atoms with E-state index in [-0.39, 0.29) is 5.69 Å². The Balaban J connectivity index is 2.17. The third-order valence-corrected chi connectivity index (χ3v) is 2.54. The average Bonchev–Trinajstić information content (AvgIpc) is 2.40. The number of rotatable bonds is 2. The van der Waals surface area contributed by atoms with Gasteiger partial charge in [0.2, 0.25) is 0 Å². The zero-order chi connectivity index (χ0) is 15.5. The number of anilines is 1. The predicted molar refractivity (Wildman–Crippen MR) is 80.2 cm³/mol. The Morgan fingerprint density at radius 3 is 2.43 bits per heavy atom. The van der Waals surface area contributed by atoms with Crippen LogP contribution in [-0.2, 0) is 4.74 Å². The first kappa shape index (κ1) is 14.8. The van der Waals surface area contributed by atoms with Crippen LogP contribution < -0.4 is 10.9 Å². The van der Waals surface area contributed by atoms with Crippen LogP contribution in [-0.4, -0.2) is 21.7 Å². The zero-order valence-electron chi connectivity index (χ0n) is 12.1. The molecule has 6 nitrogen and oxygen atoms in total. The van der Waals surface area contributed by atoms with Crippen LogP contribution in [0.4, 0.5) is 10.5 Å². The molecule has 2 rings (SSSR count). The predicted octanol–water partition coefficient (Wildman–Crippen LogP) is 2.78. The van der Waals surface area contributed by atoms with E-state index in [4.69, 9.17) is 4.74 Å². The Hall–Kier alpha value is -2.63. The molecule has 0 saturated heterocycles. The largest absolute Gasteiger partial charge is 0.444 e. The number of amides is 1. The van der Waals surface area contributed by atoms with Crippen molar-refractivity contribution in [3.63, 3.8) is 0 Å². The van der Waals surface area contributed by atoms with Crippen LogP contribution >= 0.6 is 0 Å². The van der Waals surface area contributed by atoms with Crippen molar-refractivity contribution in [2.75, 3.05) is 5.32 Å². The highest BCUT2D eigenvalue weighted by atomic mass is 16.6. The minimum atomic E-state index is -0.662. The van der Waals surface area contributed by atoms with E-state index in [9.17, 15) is 9.59 Å². The summed E-state index contributed by atoms with van der Waals surface area (Å²) in [6.07, 6.45) is 2.62. The van der Waals surface area contributed by atoms with Gasteiger partial charge in [0.05, 0.1) is 0 Å². The van der Waals surface area contributed by atoms with Crippen molar-refractivity contribution < 1.29 is 9.53 Å². The molecule has 2 heterocycles. The lowest BCUT2D eigenvalue weighted by Crippen LogP contribution is -2.29. The summed E-state index contributed by atoms with van der Waals surface area (Å²) in [6.45, 7) is 5.26. The second-order valence-electron chi connectivity index (χ2n) is 5.48. The number of hydrogen-bond acceptors (Lipinski definition) is 4. The molecular weight excluding hydrogens is 270 g/mol. The molecular formula is C15H17N3O3. The summed E-state index contributed by atoms with van der Waals surface area (Å²) >= 11 is 0. The molecule has 0 saturated carbocycles. The third-order valence-electron chi connectivity index (χ3n) is 2.54. The van der Waals surface area contributed by atoms with E-state index in [1.54, 1.807) is 57.4 Å². The highest BCUT2D eigenvalue weighted by Gasteiger charge is 2.17. The van der Waals surface area contributed by atoms with Crippen molar-refractivity contribution in [2.24, 2.45) is 0 Å². The standard InChI is InChI=1S/C15H17N3O3/c1-15(2,3)21-14(20)18-12-5-4-11(17-13(12)19)10-6-8-16-9-7-10/h4-9H,1-3H3,(H,17,19)(H,18,20). The number of nitrogens with zero attached hydrogens (tertiary/aromatic N) is 1. The monoisotopic (exact) mass is 287 g/mol. The molecule has 21 heavy (non-hydrogen) atoms. The maximum absolute atomic E-state index is 12.0. The molecule has 0 aliphatic carbocycles. The molecule has 2 N–H and O–H groups in total. The molecule has 0 spiro atoms. The van der Waals surface area contributed by atoms with E-state index in [2.05, 4.69) is 15.3 Å². The number of ether oxygens (including phenoxy) is 1. The summed E-state index contributed by atoms with van der Waals surface area (Å²) < 4.78 is 5.10. The molecule has 0 fully saturated rings. The second-order valence-corrected chi connectivity index (χ2v) is 5.48. The van der Waals surface area contributed by atoms with Gasteiger partial charge in [0, 0.05) is 23.7 Å². The summed E-state index contributed by atoms with van der Waals surface area (Å²) in [5, 5.41) is 2.43. The van der Waals surface area contributed by atoms with Crippen LogP contribution in [0.3, 0.4) is 0 Å². The molecule has 110 valence electrons. The van der Waals surface area contributed by atoms with Gasteiger partial charge in [-0.25, -0.2) is 4.79 Å². The smallest absolute Gasteiger partial charge is 0.412 e. The van der Waals surface area contributed by atoms with Crippen LogP contribution in [0.25, 0.3) is 11.3 Å². The van der Waals surface area contributed by atoms with Gasteiger partial charge in [-0.1, -0.05) is 0 Å². The summed E-state index contributed by atoms with van der Waals surface area (Å²) in [4.78, 5) is 30.2. The van der Waals surface area contributed by atoms with Crippen molar-refractivity contribution in [1.29, 1.82) is 0 Å². The number of nitrogens with one attached hydrogen (secondary N) is 2. The Morgan fingerprint density at radius 1 is 1.19 bits per heavy atom. The molecule has 1 amide bonds. The van der Waals surface area contributed by atoms with Gasteiger partial charge in [-0.2, -0.15) is 0 Å². The van der Waals surface area contributed by atoms with Crippen LogP contribution in [0.2, 0.25) is 0 Å². The molecule has 0 unspecified atom stereocenters. The number of aromatic nitrogens is 2. The number of carbonyl (C=O) groups is 1. The summed E-state index contributed by atoms with van der Waals surface area (Å²) in [6, 6.07) is 6.82. The first-order valence-electron chi connectivity index (χ1n) is 6.49. The second kappa shape index (κ2) is 5.78. The lowest BCUT2D eigenvalue weighted by molar-refractivity contribution is 0.0635. The minimum absolute atomic E-state index is 0.141. The highest BCUT2D eigenvalue weighted by Crippen LogP contribution is 2.15. The molecule has 0 atom stereocenters. The van der Waals surface area contributed by atoms with E-state index >= 15 is 0 Å². The highest BCUT2D eigenvalue weighted by molar-refractivity contribution is 5.84. The van der Waals surface area contributed by atoms with E-state index < -0.39 is 17.3 Å².